The van der Waals surface area contributed by atoms with Gasteiger partial charge in [0.2, 0.25) is 5.91 Å². The fraction of sp³-hybridized carbons (Fsp3) is 0.800. The van der Waals surface area contributed by atoms with Crippen LogP contribution in [0.1, 0.15) is 40.5 Å². The van der Waals surface area contributed by atoms with E-state index in [9.17, 15) is 9.59 Å². The van der Waals surface area contributed by atoms with Gasteiger partial charge in [-0.15, -0.1) is 0 Å². The van der Waals surface area contributed by atoms with Crippen molar-refractivity contribution in [3.63, 3.8) is 0 Å². The predicted molar refractivity (Wildman–Crippen MR) is 52.4 cm³/mol. The zero-order chi connectivity index (χ0) is 10.5. The Morgan fingerprint density at radius 2 is 1.77 bits per heavy atom. The fourth-order valence-corrected chi connectivity index (χ4v) is 0.815. The van der Waals surface area contributed by atoms with Crippen LogP contribution >= 0.6 is 0 Å². The molecule has 0 rings (SSSR count). The van der Waals surface area contributed by atoms with Crippen molar-refractivity contribution in [3.05, 3.63) is 0 Å². The molecule has 0 unspecified atom stereocenters. The molecule has 1 N–H and O–H groups in total. The summed E-state index contributed by atoms with van der Waals surface area (Å²) in [5, 5.41) is 2.68. The van der Waals surface area contributed by atoms with Crippen LogP contribution in [-0.4, -0.2) is 18.2 Å². The summed E-state index contributed by atoms with van der Waals surface area (Å²) in [6.07, 6.45) is 0.902. The molecule has 0 saturated heterocycles. The Kier molecular flexibility index (Phi) is 4.67. The monoisotopic (exact) mass is 185 g/mol. The lowest BCUT2D eigenvalue weighted by Crippen LogP contribution is -2.29. The second kappa shape index (κ2) is 5.00. The molecule has 0 aromatic heterocycles. The number of hydrogen-bond acceptors (Lipinski definition) is 2. The molecule has 0 aromatic carbocycles. The maximum Gasteiger partial charge on any atom is 0.219 e. The third kappa shape index (κ3) is 5.39. The Hall–Kier alpha value is -0.860. The maximum atomic E-state index is 11.4. The van der Waals surface area contributed by atoms with Gasteiger partial charge in [-0.2, -0.15) is 0 Å². The van der Waals surface area contributed by atoms with E-state index in [1.807, 2.05) is 20.8 Å². The zero-order valence-electron chi connectivity index (χ0n) is 8.94. The van der Waals surface area contributed by atoms with Crippen molar-refractivity contribution in [3.8, 4) is 0 Å². The van der Waals surface area contributed by atoms with Crippen molar-refractivity contribution in [1.82, 2.24) is 5.32 Å². The molecule has 0 aliphatic heterocycles. The van der Waals surface area contributed by atoms with Crippen molar-refractivity contribution in [2.24, 2.45) is 5.41 Å². The molecule has 76 valence electrons. The van der Waals surface area contributed by atoms with Crippen molar-refractivity contribution in [1.29, 1.82) is 0 Å². The average molecular weight is 185 g/mol. The van der Waals surface area contributed by atoms with E-state index in [1.54, 1.807) is 6.92 Å². The lowest BCUT2D eigenvalue weighted by atomic mass is 9.89. The molecule has 0 bridgehead atoms. The Balaban J connectivity index is 3.67. The first-order chi connectivity index (χ1) is 5.88. The second-order valence-corrected chi connectivity index (χ2v) is 4.13. The molecule has 0 atom stereocenters. The van der Waals surface area contributed by atoms with Gasteiger partial charge in [0, 0.05) is 24.8 Å². The molecular weight excluding hydrogens is 166 g/mol. The van der Waals surface area contributed by atoms with Crippen LogP contribution in [0.3, 0.4) is 0 Å². The molecule has 13 heavy (non-hydrogen) atoms. The van der Waals surface area contributed by atoms with Crippen LogP contribution in [0.5, 0.6) is 0 Å². The molecule has 0 aliphatic rings. The van der Waals surface area contributed by atoms with E-state index in [0.29, 0.717) is 19.4 Å². The smallest absolute Gasteiger partial charge is 0.219 e. The second-order valence-electron chi connectivity index (χ2n) is 4.13. The molecule has 0 radical (unpaired) electrons. The van der Waals surface area contributed by atoms with Gasteiger partial charge in [0.1, 0.15) is 5.78 Å². The van der Waals surface area contributed by atoms with Gasteiger partial charge in [-0.3, -0.25) is 9.59 Å². The summed E-state index contributed by atoms with van der Waals surface area (Å²) in [4.78, 5) is 22.2. The highest BCUT2D eigenvalue weighted by Crippen LogP contribution is 2.15. The highest BCUT2D eigenvalue weighted by molar-refractivity contribution is 5.84. The third-order valence-corrected chi connectivity index (χ3v) is 1.83. The van der Waals surface area contributed by atoms with Gasteiger partial charge in [-0.05, 0) is 0 Å². The third-order valence-electron chi connectivity index (χ3n) is 1.83. The lowest BCUT2D eigenvalue weighted by Gasteiger charge is -2.16. The quantitative estimate of drug-likeness (QED) is 0.721. The number of carbonyl (C=O) groups is 2. The number of Topliss-reactive ketones (excluding diaryl/α,β-unsaturated/α-hetero) is 1. The molecule has 0 aliphatic carbocycles. The summed E-state index contributed by atoms with van der Waals surface area (Å²) in [6.45, 7) is 7.91. The first kappa shape index (κ1) is 12.1. The van der Waals surface area contributed by atoms with E-state index in [1.165, 1.54) is 0 Å². The van der Waals surface area contributed by atoms with E-state index in [2.05, 4.69) is 5.32 Å². The van der Waals surface area contributed by atoms with Gasteiger partial charge in [0.05, 0.1) is 0 Å². The van der Waals surface area contributed by atoms with E-state index in [-0.39, 0.29) is 17.1 Å². The number of hydrogen-bond donors (Lipinski definition) is 1. The molecule has 0 spiro atoms. The van der Waals surface area contributed by atoms with Crippen LogP contribution in [0.25, 0.3) is 0 Å². The van der Waals surface area contributed by atoms with Crippen LogP contribution < -0.4 is 5.32 Å². The summed E-state index contributed by atoms with van der Waals surface area (Å²) >= 11 is 0. The van der Waals surface area contributed by atoms with Gasteiger partial charge in [-0.25, -0.2) is 0 Å². The minimum Gasteiger partial charge on any atom is -0.356 e. The molecule has 3 heteroatoms. The van der Waals surface area contributed by atoms with Crippen LogP contribution in [0.4, 0.5) is 0 Å². The standard InChI is InChI=1S/C10H19NO2/c1-5-9(13)11-7-6-8(12)10(2,3)4/h5-7H2,1-4H3,(H,11,13). The Morgan fingerprint density at radius 1 is 1.23 bits per heavy atom. The molecule has 1 amide bonds. The number of nitrogens with one attached hydrogen (secondary N) is 1. The van der Waals surface area contributed by atoms with Crippen molar-refractivity contribution < 1.29 is 9.59 Å². The molecular formula is C10H19NO2. The molecule has 0 saturated carbocycles. The summed E-state index contributed by atoms with van der Waals surface area (Å²) in [5.41, 5.74) is -0.295. The largest absolute Gasteiger partial charge is 0.356 e. The summed E-state index contributed by atoms with van der Waals surface area (Å²) in [7, 11) is 0. The number of rotatable bonds is 4. The summed E-state index contributed by atoms with van der Waals surface area (Å²) in [5.74, 6) is 0.186. The topological polar surface area (TPSA) is 46.2 Å². The highest BCUT2D eigenvalue weighted by atomic mass is 16.1. The number of ketones is 1. The fourth-order valence-electron chi connectivity index (χ4n) is 0.815. The maximum absolute atomic E-state index is 11.4. The van der Waals surface area contributed by atoms with Crippen LogP contribution in [0, 0.1) is 5.41 Å². The lowest BCUT2D eigenvalue weighted by molar-refractivity contribution is -0.126. The van der Waals surface area contributed by atoms with Crippen molar-refractivity contribution in [2.45, 2.75) is 40.5 Å². The minimum atomic E-state index is -0.295. The normalized spacial score (nSPS) is 11.1. The van der Waals surface area contributed by atoms with E-state index < -0.39 is 0 Å². The van der Waals surface area contributed by atoms with Crippen LogP contribution in [-0.2, 0) is 9.59 Å². The van der Waals surface area contributed by atoms with Crippen molar-refractivity contribution in [2.75, 3.05) is 6.54 Å². The van der Waals surface area contributed by atoms with Gasteiger partial charge in [-0.1, -0.05) is 27.7 Å². The molecule has 0 aromatic rings. The van der Waals surface area contributed by atoms with Crippen molar-refractivity contribution >= 4 is 11.7 Å². The average Bonchev–Trinajstić information content (AvgIpc) is 2.02. The minimum absolute atomic E-state index is 0.00158. The summed E-state index contributed by atoms with van der Waals surface area (Å²) in [6, 6.07) is 0. The highest BCUT2D eigenvalue weighted by Gasteiger charge is 2.20. The van der Waals surface area contributed by atoms with Gasteiger partial charge in [0.15, 0.2) is 0 Å². The SMILES string of the molecule is CCC(=O)NCCC(=O)C(C)(C)C. The molecule has 0 fully saturated rings. The van der Waals surface area contributed by atoms with Crippen LogP contribution in [0.2, 0.25) is 0 Å². The van der Waals surface area contributed by atoms with Gasteiger partial charge >= 0.3 is 0 Å². The number of carbonyl (C=O) groups excluding carboxylic acids is 2. The Labute approximate surface area is 79.9 Å². The van der Waals surface area contributed by atoms with E-state index >= 15 is 0 Å². The molecule has 3 nitrogen and oxygen atoms in total. The van der Waals surface area contributed by atoms with Crippen LogP contribution in [0.15, 0.2) is 0 Å². The Bertz CT molecular complexity index is 192. The van der Waals surface area contributed by atoms with E-state index in [4.69, 9.17) is 0 Å². The van der Waals surface area contributed by atoms with Gasteiger partial charge < -0.3 is 5.32 Å². The first-order valence-electron chi connectivity index (χ1n) is 4.68. The zero-order valence-corrected chi connectivity index (χ0v) is 8.94. The van der Waals surface area contributed by atoms with E-state index in [0.717, 1.165) is 0 Å². The molecule has 0 heterocycles. The first-order valence-corrected chi connectivity index (χ1v) is 4.68. The Morgan fingerprint density at radius 3 is 2.15 bits per heavy atom. The van der Waals surface area contributed by atoms with Gasteiger partial charge in [0.25, 0.3) is 0 Å². The number of amides is 1. The predicted octanol–water partition coefficient (Wildman–Crippen LogP) is 1.52. The summed E-state index contributed by atoms with van der Waals surface area (Å²) < 4.78 is 0.